The second-order valence-corrected chi connectivity index (χ2v) is 7.78. The number of carbonyl (C=O) groups is 1. The van der Waals surface area contributed by atoms with Gasteiger partial charge in [-0.15, -0.1) is 0 Å². The summed E-state index contributed by atoms with van der Waals surface area (Å²) in [6, 6.07) is 13.2. The summed E-state index contributed by atoms with van der Waals surface area (Å²) in [5.74, 6) is -0.367. The number of halogens is 2. The Balaban J connectivity index is 0.000000383. The lowest BCUT2D eigenvalue weighted by Crippen LogP contribution is -2.10. The Kier molecular flexibility index (Phi) is 10.8. The molecule has 0 aliphatic carbocycles. The van der Waals surface area contributed by atoms with Crippen molar-refractivity contribution in [1.29, 1.82) is 5.26 Å². The number of aryl methyl sites for hydroxylation is 4. The predicted molar refractivity (Wildman–Crippen MR) is 105 cm³/mol. The summed E-state index contributed by atoms with van der Waals surface area (Å²) < 4.78 is 9.09. The molecule has 0 saturated carbocycles. The Morgan fingerprint density at radius 3 is 1.76 bits per heavy atom. The topological polar surface area (TPSA) is 83.9 Å². The van der Waals surface area contributed by atoms with Gasteiger partial charge in [0.15, 0.2) is 0 Å². The molecule has 134 valence electrons. The molecule has 25 heavy (non-hydrogen) atoms. The zero-order chi connectivity index (χ0) is 19.6. The molecule has 7 heteroatoms. The molecule has 2 N–H and O–H groups in total. The van der Waals surface area contributed by atoms with Gasteiger partial charge in [0.05, 0.1) is 11.6 Å². The van der Waals surface area contributed by atoms with Gasteiger partial charge in [0, 0.05) is 26.9 Å². The number of hydrogen-bond donors (Lipinski definition) is 1. The van der Waals surface area contributed by atoms with Crippen LogP contribution in [0.25, 0.3) is 0 Å². The number of primary amides is 1. The number of carbonyl (C=O) groups excluding carboxylic acids is 1. The van der Waals surface area contributed by atoms with Gasteiger partial charge in [0.2, 0.25) is 15.1 Å². The summed E-state index contributed by atoms with van der Waals surface area (Å²) in [4.78, 5) is 10.7. The second kappa shape index (κ2) is 11.6. The quantitative estimate of drug-likeness (QED) is 0.710. The third-order valence-corrected chi connectivity index (χ3v) is 3.43. The van der Waals surface area contributed by atoms with Crippen molar-refractivity contribution < 1.29 is 9.00 Å². The van der Waals surface area contributed by atoms with Gasteiger partial charge in [-0.05, 0) is 74.2 Å². The molecule has 2 aromatic carbocycles. The van der Waals surface area contributed by atoms with Crippen molar-refractivity contribution in [2.75, 3.05) is 0 Å². The van der Waals surface area contributed by atoms with Crippen molar-refractivity contribution in [3.8, 4) is 6.07 Å². The molecule has 2 rings (SSSR count). The van der Waals surface area contributed by atoms with Gasteiger partial charge in [-0.25, -0.2) is 4.21 Å². The molecule has 0 spiro atoms. The van der Waals surface area contributed by atoms with Crippen LogP contribution in [0.5, 0.6) is 0 Å². The van der Waals surface area contributed by atoms with E-state index in [4.69, 9.17) is 15.2 Å². The first-order chi connectivity index (χ1) is 11.6. The van der Waals surface area contributed by atoms with Crippen molar-refractivity contribution in [3.05, 3.63) is 69.8 Å². The third-order valence-electron chi connectivity index (χ3n) is 3.43. The molecule has 0 heterocycles. The fourth-order valence-electron chi connectivity index (χ4n) is 1.71. The maximum absolute atomic E-state index is 10.7. The van der Waals surface area contributed by atoms with Crippen LogP contribution < -0.4 is 5.73 Å². The number of rotatable bonds is 1. The number of benzene rings is 2. The van der Waals surface area contributed by atoms with Gasteiger partial charge in [-0.2, -0.15) is 5.26 Å². The van der Waals surface area contributed by atoms with Crippen LogP contribution in [0.15, 0.2) is 36.4 Å². The minimum Gasteiger partial charge on any atom is -0.366 e. The number of nitriles is 1. The van der Waals surface area contributed by atoms with Gasteiger partial charge < -0.3 is 5.73 Å². The van der Waals surface area contributed by atoms with Crippen LogP contribution in [0.2, 0.25) is 0 Å². The maximum atomic E-state index is 10.7. The van der Waals surface area contributed by atoms with Crippen LogP contribution in [-0.2, 0) is 9.23 Å². The SMILES string of the molecule is Cc1ccc(C#N)cc1C.Cc1ccc(C(N)=O)cc1C.O=S(Cl)Cl. The molecule has 0 aliphatic rings. The van der Waals surface area contributed by atoms with E-state index in [2.05, 4.69) is 27.4 Å². The Morgan fingerprint density at radius 2 is 1.40 bits per heavy atom. The molecule has 0 aliphatic heterocycles. The lowest BCUT2D eigenvalue weighted by Gasteiger charge is -2.00. The van der Waals surface area contributed by atoms with Crippen molar-refractivity contribution in [2.45, 2.75) is 27.7 Å². The van der Waals surface area contributed by atoms with E-state index in [9.17, 15) is 4.79 Å². The molecule has 0 radical (unpaired) electrons. The molecule has 0 unspecified atom stereocenters. The van der Waals surface area contributed by atoms with Crippen molar-refractivity contribution in [1.82, 2.24) is 0 Å². The molecule has 2 aromatic rings. The van der Waals surface area contributed by atoms with Gasteiger partial charge in [-0.1, -0.05) is 12.1 Å². The summed E-state index contributed by atoms with van der Waals surface area (Å²) >= 11 is 0. The highest BCUT2D eigenvalue weighted by atomic mass is 36.0. The summed E-state index contributed by atoms with van der Waals surface area (Å²) in [7, 11) is 7.36. The maximum Gasteiger partial charge on any atom is 0.248 e. The van der Waals surface area contributed by atoms with E-state index < -0.39 is 9.23 Å². The Hall–Kier alpha value is -1.87. The van der Waals surface area contributed by atoms with Gasteiger partial charge in [0.1, 0.15) is 0 Å². The van der Waals surface area contributed by atoms with Gasteiger partial charge in [0.25, 0.3) is 0 Å². The average molecular weight is 399 g/mol. The van der Waals surface area contributed by atoms with E-state index in [1.54, 1.807) is 12.1 Å². The van der Waals surface area contributed by atoms with E-state index >= 15 is 0 Å². The number of amides is 1. The Labute approximate surface area is 160 Å². The predicted octanol–water partition coefficient (Wildman–Crippen LogP) is 4.62. The first-order valence-corrected chi connectivity index (χ1v) is 9.97. The number of nitrogens with zero attached hydrogens (tertiary/aromatic N) is 1. The van der Waals surface area contributed by atoms with Crippen LogP contribution in [0.3, 0.4) is 0 Å². The lowest BCUT2D eigenvalue weighted by molar-refractivity contribution is 0.1000. The van der Waals surface area contributed by atoms with Crippen molar-refractivity contribution in [3.63, 3.8) is 0 Å². The van der Waals surface area contributed by atoms with Crippen LogP contribution in [0.1, 0.15) is 38.2 Å². The fourth-order valence-corrected chi connectivity index (χ4v) is 1.71. The summed E-state index contributed by atoms with van der Waals surface area (Å²) in [5.41, 5.74) is 11.1. The van der Waals surface area contributed by atoms with E-state index in [1.807, 2.05) is 52.0 Å². The highest BCUT2D eigenvalue weighted by Gasteiger charge is 2.00. The van der Waals surface area contributed by atoms with E-state index in [0.717, 1.165) is 11.1 Å². The highest BCUT2D eigenvalue weighted by Crippen LogP contribution is 2.09. The zero-order valence-electron chi connectivity index (χ0n) is 14.5. The summed E-state index contributed by atoms with van der Waals surface area (Å²) in [6.07, 6.45) is 0. The number of nitrogens with two attached hydrogens (primary N) is 1. The van der Waals surface area contributed by atoms with Crippen LogP contribution >= 0.6 is 21.4 Å². The van der Waals surface area contributed by atoms with Crippen LogP contribution in [-0.4, -0.2) is 10.1 Å². The van der Waals surface area contributed by atoms with Crippen LogP contribution in [0.4, 0.5) is 0 Å². The van der Waals surface area contributed by atoms with Crippen molar-refractivity contribution >= 4 is 36.5 Å². The van der Waals surface area contributed by atoms with E-state index in [0.29, 0.717) is 5.56 Å². The monoisotopic (exact) mass is 398 g/mol. The van der Waals surface area contributed by atoms with E-state index in [-0.39, 0.29) is 5.91 Å². The molecular formula is C18H20Cl2N2O2S. The lowest BCUT2D eigenvalue weighted by atomic mass is 10.1. The first kappa shape index (κ1) is 23.1. The smallest absolute Gasteiger partial charge is 0.248 e. The summed E-state index contributed by atoms with van der Waals surface area (Å²) in [6.45, 7) is 8.01. The minimum atomic E-state index is -1.67. The second-order valence-electron chi connectivity index (χ2n) is 5.26. The Morgan fingerprint density at radius 1 is 0.960 bits per heavy atom. The zero-order valence-corrected chi connectivity index (χ0v) is 16.8. The largest absolute Gasteiger partial charge is 0.366 e. The van der Waals surface area contributed by atoms with Gasteiger partial charge in [-0.3, -0.25) is 4.79 Å². The van der Waals surface area contributed by atoms with Crippen LogP contribution in [0, 0.1) is 39.0 Å². The third kappa shape index (κ3) is 9.88. The molecule has 0 atom stereocenters. The van der Waals surface area contributed by atoms with Gasteiger partial charge >= 0.3 is 0 Å². The molecule has 4 nitrogen and oxygen atoms in total. The molecule has 0 aromatic heterocycles. The highest BCUT2D eigenvalue weighted by molar-refractivity contribution is 8.26. The minimum absolute atomic E-state index is 0.367. The standard InChI is InChI=1S/C9H11NO.C9H9N.Cl2OS/c1-6-3-4-8(9(10)11)5-7(6)2;1-7-3-4-9(6-10)5-8(7)2;1-4(2)3/h3-5H,1-2H3,(H2,10,11);3-5H,1-2H3;. The Bertz CT molecular complexity index is 798. The molecule has 0 fully saturated rings. The van der Waals surface area contributed by atoms with Crippen molar-refractivity contribution in [2.24, 2.45) is 5.73 Å². The fraction of sp³-hybridized carbons (Fsp3) is 0.222. The normalized spacial score (nSPS) is 9.20. The molecular weight excluding hydrogens is 379 g/mol. The molecule has 1 amide bonds. The molecule has 0 bridgehead atoms. The number of hydrogen-bond acceptors (Lipinski definition) is 3. The first-order valence-electron chi connectivity index (χ1n) is 7.17. The van der Waals surface area contributed by atoms with E-state index in [1.165, 1.54) is 16.7 Å². The summed E-state index contributed by atoms with van der Waals surface area (Å²) in [5, 5.41) is 8.50. The average Bonchev–Trinajstić information content (AvgIpc) is 2.52. The molecule has 0 saturated heterocycles.